The molecule has 1 aromatic heterocycles. The van der Waals surface area contributed by atoms with Crippen LogP contribution in [-0.2, 0) is 6.54 Å². The van der Waals surface area contributed by atoms with Gasteiger partial charge in [0.05, 0.1) is 12.6 Å². The van der Waals surface area contributed by atoms with E-state index < -0.39 is 0 Å². The van der Waals surface area contributed by atoms with Crippen molar-refractivity contribution in [3.05, 3.63) is 60.3 Å². The van der Waals surface area contributed by atoms with Gasteiger partial charge >= 0.3 is 0 Å². The zero-order chi connectivity index (χ0) is 14.7. The fourth-order valence-electron chi connectivity index (χ4n) is 2.18. The van der Waals surface area contributed by atoms with E-state index in [0.29, 0.717) is 6.54 Å². The predicted octanol–water partition coefficient (Wildman–Crippen LogP) is 3.49. The Hall–Kier alpha value is -2.59. The summed E-state index contributed by atoms with van der Waals surface area (Å²) in [6, 6.07) is 15.3. The summed E-state index contributed by atoms with van der Waals surface area (Å²) in [5, 5.41) is 0.955. The van der Waals surface area contributed by atoms with Crippen LogP contribution in [0.5, 0.6) is 17.2 Å². The molecule has 4 heteroatoms. The third kappa shape index (κ3) is 2.66. The second-order valence-corrected chi connectivity index (χ2v) is 4.61. The number of pyridine rings is 1. The molecule has 0 aliphatic rings. The highest BCUT2D eigenvalue weighted by molar-refractivity contribution is 5.86. The maximum absolute atomic E-state index is 6.04. The molecule has 0 saturated carbocycles. The maximum Gasteiger partial charge on any atom is 0.142 e. The predicted molar refractivity (Wildman–Crippen MR) is 82.7 cm³/mol. The van der Waals surface area contributed by atoms with E-state index in [1.54, 1.807) is 13.3 Å². The largest absolute Gasteiger partial charge is 0.497 e. The van der Waals surface area contributed by atoms with Crippen LogP contribution in [-0.4, -0.2) is 12.1 Å². The van der Waals surface area contributed by atoms with Crippen LogP contribution in [0.2, 0.25) is 0 Å². The Kier molecular flexibility index (Phi) is 3.71. The first-order valence-electron chi connectivity index (χ1n) is 6.70. The van der Waals surface area contributed by atoms with Crippen LogP contribution in [0.3, 0.4) is 0 Å². The lowest BCUT2D eigenvalue weighted by Crippen LogP contribution is -2.01. The summed E-state index contributed by atoms with van der Waals surface area (Å²) in [5.41, 5.74) is 7.57. The molecule has 0 aliphatic carbocycles. The molecule has 0 radical (unpaired) electrons. The lowest BCUT2D eigenvalue weighted by Gasteiger charge is -2.13. The van der Waals surface area contributed by atoms with E-state index in [1.165, 1.54) is 0 Å². The normalized spacial score (nSPS) is 10.6. The summed E-state index contributed by atoms with van der Waals surface area (Å²) in [5.74, 6) is 2.29. The van der Waals surface area contributed by atoms with Crippen LogP contribution >= 0.6 is 0 Å². The number of fused-ring (bicyclic) bond motifs is 1. The quantitative estimate of drug-likeness (QED) is 0.794. The average molecular weight is 280 g/mol. The Bertz CT molecular complexity index is 754. The van der Waals surface area contributed by atoms with E-state index in [1.807, 2.05) is 48.5 Å². The van der Waals surface area contributed by atoms with Crippen molar-refractivity contribution in [2.75, 3.05) is 7.11 Å². The fourth-order valence-corrected chi connectivity index (χ4v) is 2.18. The molecule has 0 amide bonds. The van der Waals surface area contributed by atoms with Crippen molar-refractivity contribution >= 4 is 10.9 Å². The molecule has 2 N–H and O–H groups in total. The zero-order valence-electron chi connectivity index (χ0n) is 11.7. The second kappa shape index (κ2) is 5.81. The standard InChI is InChI=1S/C17H16N2O2/c1-20-13-6-8-14(9-7-13)21-17-12(10-18)11-19-16-5-3-2-4-15(16)17/h2-9,11H,10,18H2,1H3. The van der Waals surface area contributed by atoms with Crippen molar-refractivity contribution in [1.82, 2.24) is 4.98 Å². The maximum atomic E-state index is 6.04. The first-order valence-corrected chi connectivity index (χ1v) is 6.70. The monoisotopic (exact) mass is 280 g/mol. The number of rotatable bonds is 4. The highest BCUT2D eigenvalue weighted by Gasteiger charge is 2.10. The summed E-state index contributed by atoms with van der Waals surface area (Å²) in [7, 11) is 1.64. The molecule has 2 aromatic carbocycles. The molecule has 0 unspecified atom stereocenters. The fraction of sp³-hybridized carbons (Fsp3) is 0.118. The molecule has 3 aromatic rings. The van der Waals surface area contributed by atoms with Crippen LogP contribution in [0.15, 0.2) is 54.7 Å². The molecule has 0 atom stereocenters. The Balaban J connectivity index is 2.05. The van der Waals surface area contributed by atoms with E-state index in [2.05, 4.69) is 4.98 Å². The van der Waals surface area contributed by atoms with Gasteiger partial charge in [0.2, 0.25) is 0 Å². The van der Waals surface area contributed by atoms with Gasteiger partial charge in [0, 0.05) is 23.7 Å². The third-order valence-electron chi connectivity index (χ3n) is 3.30. The molecular formula is C17H16N2O2. The van der Waals surface area contributed by atoms with Crippen LogP contribution in [0, 0.1) is 0 Å². The summed E-state index contributed by atoms with van der Waals surface area (Å²) in [6.07, 6.45) is 1.77. The van der Waals surface area contributed by atoms with Crippen molar-refractivity contribution in [3.8, 4) is 17.2 Å². The Morgan fingerprint density at radius 3 is 2.43 bits per heavy atom. The lowest BCUT2D eigenvalue weighted by molar-refractivity contribution is 0.413. The van der Waals surface area contributed by atoms with Gasteiger partial charge in [-0.3, -0.25) is 4.98 Å². The molecule has 1 heterocycles. The number of nitrogens with zero attached hydrogens (tertiary/aromatic N) is 1. The third-order valence-corrected chi connectivity index (χ3v) is 3.30. The second-order valence-electron chi connectivity index (χ2n) is 4.61. The van der Waals surface area contributed by atoms with E-state index in [4.69, 9.17) is 15.2 Å². The Labute approximate surface area is 123 Å². The zero-order valence-corrected chi connectivity index (χ0v) is 11.7. The molecule has 21 heavy (non-hydrogen) atoms. The number of aromatic nitrogens is 1. The van der Waals surface area contributed by atoms with Crippen molar-refractivity contribution in [1.29, 1.82) is 0 Å². The highest BCUT2D eigenvalue weighted by Crippen LogP contribution is 2.32. The van der Waals surface area contributed by atoms with Gasteiger partial charge in [0.1, 0.15) is 17.2 Å². The molecule has 0 saturated heterocycles. The summed E-state index contributed by atoms with van der Waals surface area (Å²) < 4.78 is 11.2. The molecule has 3 rings (SSSR count). The van der Waals surface area contributed by atoms with E-state index in [0.717, 1.165) is 33.7 Å². The van der Waals surface area contributed by atoms with Gasteiger partial charge in [-0.1, -0.05) is 12.1 Å². The van der Waals surface area contributed by atoms with Crippen molar-refractivity contribution in [2.45, 2.75) is 6.54 Å². The molecule has 0 fully saturated rings. The lowest BCUT2D eigenvalue weighted by atomic mass is 10.1. The van der Waals surface area contributed by atoms with E-state index in [-0.39, 0.29) is 0 Å². The number of methoxy groups -OCH3 is 1. The number of ether oxygens (including phenoxy) is 2. The Morgan fingerprint density at radius 1 is 1.00 bits per heavy atom. The van der Waals surface area contributed by atoms with Crippen molar-refractivity contribution < 1.29 is 9.47 Å². The molecule has 106 valence electrons. The first-order chi connectivity index (χ1) is 10.3. The van der Waals surface area contributed by atoms with Crippen molar-refractivity contribution in [2.24, 2.45) is 5.73 Å². The highest BCUT2D eigenvalue weighted by atomic mass is 16.5. The van der Waals surface area contributed by atoms with Crippen molar-refractivity contribution in [3.63, 3.8) is 0 Å². The van der Waals surface area contributed by atoms with Gasteiger partial charge in [-0.2, -0.15) is 0 Å². The topological polar surface area (TPSA) is 57.4 Å². The number of hydrogen-bond donors (Lipinski definition) is 1. The number of para-hydroxylation sites is 1. The van der Waals surface area contributed by atoms with E-state index >= 15 is 0 Å². The molecule has 0 aliphatic heterocycles. The molecular weight excluding hydrogens is 264 g/mol. The Morgan fingerprint density at radius 2 is 1.71 bits per heavy atom. The van der Waals surface area contributed by atoms with Crippen LogP contribution in [0.4, 0.5) is 0 Å². The van der Waals surface area contributed by atoms with Gasteiger partial charge in [0.25, 0.3) is 0 Å². The van der Waals surface area contributed by atoms with Gasteiger partial charge in [-0.05, 0) is 36.4 Å². The van der Waals surface area contributed by atoms with Crippen LogP contribution in [0.25, 0.3) is 10.9 Å². The smallest absolute Gasteiger partial charge is 0.142 e. The summed E-state index contributed by atoms with van der Waals surface area (Å²) in [6.45, 7) is 0.378. The van der Waals surface area contributed by atoms with Gasteiger partial charge < -0.3 is 15.2 Å². The van der Waals surface area contributed by atoms with Crippen LogP contribution < -0.4 is 15.2 Å². The number of nitrogens with two attached hydrogens (primary N) is 1. The van der Waals surface area contributed by atoms with E-state index in [9.17, 15) is 0 Å². The summed E-state index contributed by atoms with van der Waals surface area (Å²) >= 11 is 0. The minimum Gasteiger partial charge on any atom is -0.497 e. The number of hydrogen-bond acceptors (Lipinski definition) is 4. The molecule has 0 spiro atoms. The van der Waals surface area contributed by atoms with Gasteiger partial charge in [-0.15, -0.1) is 0 Å². The molecule has 4 nitrogen and oxygen atoms in total. The minimum atomic E-state index is 0.378. The summed E-state index contributed by atoms with van der Waals surface area (Å²) in [4.78, 5) is 4.40. The van der Waals surface area contributed by atoms with Crippen LogP contribution in [0.1, 0.15) is 5.56 Å². The SMILES string of the molecule is COc1ccc(Oc2c(CN)cnc3ccccc23)cc1. The van der Waals surface area contributed by atoms with Gasteiger partial charge in [-0.25, -0.2) is 0 Å². The molecule has 0 bridgehead atoms. The first kappa shape index (κ1) is 13.4. The van der Waals surface area contributed by atoms with Gasteiger partial charge in [0.15, 0.2) is 0 Å². The minimum absolute atomic E-state index is 0.378. The average Bonchev–Trinajstić information content (AvgIpc) is 2.56. The number of benzene rings is 2.